The van der Waals surface area contributed by atoms with Gasteiger partial charge in [-0.1, -0.05) is 0 Å². The van der Waals surface area contributed by atoms with Crippen molar-refractivity contribution in [1.82, 2.24) is 4.98 Å². The number of carbonyl (C=O) groups excluding carboxylic acids is 1. The van der Waals surface area contributed by atoms with Crippen molar-refractivity contribution in [3.63, 3.8) is 0 Å². The minimum absolute atomic E-state index is 0.0961. The van der Waals surface area contributed by atoms with Gasteiger partial charge in [0.15, 0.2) is 0 Å². The molecule has 5 heteroatoms. The van der Waals surface area contributed by atoms with Gasteiger partial charge in [0.1, 0.15) is 9.21 Å². The van der Waals surface area contributed by atoms with Crippen LogP contribution in [-0.4, -0.2) is 11.0 Å². The second kappa shape index (κ2) is 3.32. The Morgan fingerprint density at radius 3 is 2.18 bits per heavy atom. The van der Waals surface area contributed by atoms with Crippen molar-refractivity contribution in [3.05, 3.63) is 26.9 Å². The summed E-state index contributed by atoms with van der Waals surface area (Å²) in [5.74, 6) is -1.21. The summed E-state index contributed by atoms with van der Waals surface area (Å²) in [4.78, 5) is 14.2. The van der Waals surface area contributed by atoms with Crippen LogP contribution in [0.2, 0.25) is 0 Å². The minimum atomic E-state index is -1.21. The maximum Gasteiger partial charge on any atom is 0.108 e. The fourth-order valence-corrected chi connectivity index (χ4v) is 1.70. The molecule has 1 rings (SSSR count). The van der Waals surface area contributed by atoms with Crippen LogP contribution in [-0.2, 0) is 0 Å². The van der Waals surface area contributed by atoms with Crippen molar-refractivity contribution >= 4 is 37.8 Å². The van der Waals surface area contributed by atoms with Gasteiger partial charge in [0.2, 0.25) is 0 Å². The fourth-order valence-electron chi connectivity index (χ4n) is 0.583. The Kier molecular flexibility index (Phi) is 2.62. The van der Waals surface area contributed by atoms with Crippen LogP contribution >= 0.6 is 31.9 Å². The molecule has 0 fully saturated rings. The van der Waals surface area contributed by atoms with Gasteiger partial charge in [-0.3, -0.25) is 0 Å². The van der Waals surface area contributed by atoms with Crippen LogP contribution in [0, 0.1) is 0 Å². The van der Waals surface area contributed by atoms with Gasteiger partial charge in [0.25, 0.3) is 0 Å². The molecule has 0 aromatic carbocycles. The van der Waals surface area contributed by atoms with Crippen LogP contribution in [0.15, 0.2) is 21.3 Å². The lowest BCUT2D eigenvalue weighted by Crippen LogP contribution is -2.22. The highest BCUT2D eigenvalue weighted by molar-refractivity contribution is 9.11. The number of carbonyl (C=O) groups is 1. The van der Waals surface area contributed by atoms with E-state index in [1.165, 1.54) is 12.1 Å². The second-order valence-corrected chi connectivity index (χ2v) is 3.41. The number of rotatable bonds is 1. The molecule has 1 aromatic rings. The van der Waals surface area contributed by atoms with Gasteiger partial charge < -0.3 is 9.90 Å². The molecule has 1 heterocycles. The number of hydrogen-bond donors (Lipinski definition) is 0. The van der Waals surface area contributed by atoms with E-state index in [0.717, 1.165) is 0 Å². The molecule has 11 heavy (non-hydrogen) atoms. The number of hydrogen-bond acceptors (Lipinski definition) is 3. The Labute approximate surface area is 79.7 Å². The van der Waals surface area contributed by atoms with Crippen molar-refractivity contribution in [2.75, 3.05) is 0 Å². The largest absolute Gasteiger partial charge is 0.545 e. The third kappa shape index (κ3) is 2.27. The number of nitrogens with zero attached hydrogens (tertiary/aromatic N) is 1. The minimum Gasteiger partial charge on any atom is -0.545 e. The maximum atomic E-state index is 10.3. The molecule has 0 saturated heterocycles. The van der Waals surface area contributed by atoms with Gasteiger partial charge in [-0.05, 0) is 44.0 Å². The van der Waals surface area contributed by atoms with E-state index in [0.29, 0.717) is 9.21 Å². The molecule has 3 nitrogen and oxygen atoms in total. The van der Waals surface area contributed by atoms with Crippen molar-refractivity contribution in [1.29, 1.82) is 0 Å². The smallest absolute Gasteiger partial charge is 0.108 e. The van der Waals surface area contributed by atoms with E-state index in [1.807, 2.05) is 0 Å². The summed E-state index contributed by atoms with van der Waals surface area (Å²) >= 11 is 6.10. The van der Waals surface area contributed by atoms with E-state index >= 15 is 0 Å². The molecular weight excluding hydrogens is 278 g/mol. The van der Waals surface area contributed by atoms with Crippen LogP contribution in [0.5, 0.6) is 0 Å². The first-order chi connectivity index (χ1) is 5.09. The fraction of sp³-hybridized carbons (Fsp3) is 0. The van der Waals surface area contributed by atoms with Crippen molar-refractivity contribution < 1.29 is 9.90 Å². The number of carboxylic acids is 1. The van der Waals surface area contributed by atoms with Gasteiger partial charge in [-0.2, -0.15) is 0 Å². The highest BCUT2D eigenvalue weighted by Gasteiger charge is 1.98. The maximum absolute atomic E-state index is 10.3. The molecule has 0 radical (unpaired) electrons. The normalized spacial score (nSPS) is 9.64. The summed E-state index contributed by atoms with van der Waals surface area (Å²) in [5.41, 5.74) is 0.0961. The Balaban J connectivity index is 3.19. The topological polar surface area (TPSA) is 53.0 Å². The number of aromatic nitrogens is 1. The molecule has 58 valence electrons. The first kappa shape index (κ1) is 8.67. The van der Waals surface area contributed by atoms with Crippen molar-refractivity contribution in [2.24, 2.45) is 0 Å². The van der Waals surface area contributed by atoms with Crippen LogP contribution < -0.4 is 5.11 Å². The summed E-state index contributed by atoms with van der Waals surface area (Å²) in [6.45, 7) is 0. The van der Waals surface area contributed by atoms with E-state index in [9.17, 15) is 9.90 Å². The molecule has 0 spiro atoms. The molecule has 1 aromatic heterocycles. The monoisotopic (exact) mass is 278 g/mol. The highest BCUT2D eigenvalue weighted by Crippen LogP contribution is 2.14. The number of carboxylic acid groups (broad SMARTS) is 1. The zero-order valence-electron chi connectivity index (χ0n) is 5.17. The zero-order chi connectivity index (χ0) is 8.43. The van der Waals surface area contributed by atoms with Gasteiger partial charge in [0, 0.05) is 5.56 Å². The van der Waals surface area contributed by atoms with Crippen LogP contribution in [0.3, 0.4) is 0 Å². The predicted molar refractivity (Wildman–Crippen MR) is 44.0 cm³/mol. The van der Waals surface area contributed by atoms with E-state index in [1.54, 1.807) is 0 Å². The number of halogens is 2. The molecule has 0 saturated carbocycles. The highest BCUT2D eigenvalue weighted by atomic mass is 79.9. The molecule has 0 unspecified atom stereocenters. The molecule has 0 bridgehead atoms. The van der Waals surface area contributed by atoms with Crippen LogP contribution in [0.25, 0.3) is 0 Å². The summed E-state index contributed by atoms with van der Waals surface area (Å²) < 4.78 is 0.928. The number of aromatic carboxylic acids is 1. The molecule has 0 aliphatic carbocycles. The van der Waals surface area contributed by atoms with Crippen LogP contribution in [0.1, 0.15) is 10.4 Å². The zero-order valence-corrected chi connectivity index (χ0v) is 8.35. The van der Waals surface area contributed by atoms with Crippen molar-refractivity contribution in [2.45, 2.75) is 0 Å². The van der Waals surface area contributed by atoms with Gasteiger partial charge in [0.05, 0.1) is 5.97 Å². The van der Waals surface area contributed by atoms with E-state index in [-0.39, 0.29) is 5.56 Å². The van der Waals surface area contributed by atoms with Crippen LogP contribution in [0.4, 0.5) is 0 Å². The van der Waals surface area contributed by atoms with Gasteiger partial charge >= 0.3 is 0 Å². The Morgan fingerprint density at radius 1 is 1.36 bits per heavy atom. The standard InChI is InChI=1S/C6H3Br2NO2/c7-4-1-3(6(10)11)2-5(8)9-4/h1-2H,(H,10,11)/p-1. The third-order valence-corrected chi connectivity index (χ3v) is 1.81. The molecule has 0 amide bonds. The lowest BCUT2D eigenvalue weighted by molar-refractivity contribution is -0.255. The number of pyridine rings is 1. The molecule has 0 atom stereocenters. The first-order valence-electron chi connectivity index (χ1n) is 2.64. The van der Waals surface area contributed by atoms with E-state index < -0.39 is 5.97 Å². The summed E-state index contributed by atoms with van der Waals surface area (Å²) in [7, 11) is 0. The lowest BCUT2D eigenvalue weighted by Gasteiger charge is -2.01. The average Bonchev–Trinajstić information content (AvgIpc) is 1.85. The SMILES string of the molecule is O=C([O-])c1cc(Br)nc(Br)c1. The van der Waals surface area contributed by atoms with E-state index in [2.05, 4.69) is 36.8 Å². The summed E-state index contributed by atoms with van der Waals surface area (Å²) in [6.07, 6.45) is 0. The van der Waals surface area contributed by atoms with Gasteiger partial charge in [-0.15, -0.1) is 0 Å². The molecule has 0 N–H and O–H groups in total. The summed E-state index contributed by atoms with van der Waals surface area (Å²) in [6, 6.07) is 2.75. The van der Waals surface area contributed by atoms with Crippen molar-refractivity contribution in [3.8, 4) is 0 Å². The Bertz CT molecular complexity index is 280. The first-order valence-corrected chi connectivity index (χ1v) is 4.22. The third-order valence-electron chi connectivity index (χ3n) is 0.999. The lowest BCUT2D eigenvalue weighted by atomic mass is 10.3. The second-order valence-electron chi connectivity index (χ2n) is 1.79. The summed E-state index contributed by atoms with van der Waals surface area (Å²) in [5, 5.41) is 10.3. The Morgan fingerprint density at radius 2 is 1.82 bits per heavy atom. The Hall–Kier alpha value is -0.420. The predicted octanol–water partition coefficient (Wildman–Crippen LogP) is 0.970. The molecule has 0 aliphatic rings. The molecular formula is C6H2Br2NO2-. The molecule has 0 aliphatic heterocycles. The average molecular weight is 280 g/mol. The quantitative estimate of drug-likeness (QED) is 0.720. The van der Waals surface area contributed by atoms with Gasteiger partial charge in [-0.25, -0.2) is 4.98 Å². The van der Waals surface area contributed by atoms with E-state index in [4.69, 9.17) is 0 Å².